The lowest BCUT2D eigenvalue weighted by atomic mass is 10.2. The summed E-state index contributed by atoms with van der Waals surface area (Å²) in [5.74, 6) is -3.30. The highest BCUT2D eigenvalue weighted by Gasteiger charge is 2.32. The third kappa shape index (κ3) is 5.89. The molecule has 6 nitrogen and oxygen atoms in total. The average molecular weight is 313 g/mol. The van der Waals surface area contributed by atoms with Crippen LogP contribution in [0.25, 0.3) is 0 Å². The minimum absolute atomic E-state index is 0.0706. The first kappa shape index (κ1) is 16.2. The van der Waals surface area contributed by atoms with Gasteiger partial charge in [-0.2, -0.15) is 0 Å². The van der Waals surface area contributed by atoms with Crippen molar-refractivity contribution in [3.05, 3.63) is 29.8 Å². The Morgan fingerprint density at radius 2 is 1.90 bits per heavy atom. The van der Waals surface area contributed by atoms with Crippen molar-refractivity contribution >= 4 is 16.0 Å². The van der Waals surface area contributed by atoms with Crippen LogP contribution in [0.15, 0.2) is 24.3 Å². The van der Waals surface area contributed by atoms with Crippen LogP contribution in [0, 0.1) is 0 Å². The summed E-state index contributed by atoms with van der Waals surface area (Å²) >= 11 is 0. The van der Waals surface area contributed by atoms with Gasteiger partial charge in [-0.15, -0.1) is 13.2 Å². The van der Waals surface area contributed by atoms with Crippen LogP contribution in [-0.2, 0) is 21.4 Å². The highest BCUT2D eigenvalue weighted by molar-refractivity contribution is 7.90. The number of carboxylic acids is 1. The van der Waals surface area contributed by atoms with Crippen LogP contribution in [0.1, 0.15) is 5.56 Å². The van der Waals surface area contributed by atoms with Gasteiger partial charge < -0.3 is 9.84 Å². The molecule has 1 rings (SSSR count). The number of carbonyl (C=O) groups is 1. The fourth-order valence-corrected chi connectivity index (χ4v) is 2.08. The predicted octanol–water partition coefficient (Wildman–Crippen LogP) is 1.09. The first-order valence-corrected chi connectivity index (χ1v) is 6.77. The van der Waals surface area contributed by atoms with Crippen LogP contribution in [-0.4, -0.2) is 31.6 Å². The Morgan fingerprint density at radius 1 is 1.30 bits per heavy atom. The fourth-order valence-electron chi connectivity index (χ4n) is 1.28. The number of carboxylic acid groups (broad SMARTS) is 1. The summed E-state index contributed by atoms with van der Waals surface area (Å²) in [6, 6.07) is 4.93. The van der Waals surface area contributed by atoms with Gasteiger partial charge in [-0.05, 0) is 6.07 Å². The SMILES string of the molecule is O=C(O)CS(=O)(=O)NCc1ccccc1OC(F)(F)F. The van der Waals surface area contributed by atoms with E-state index in [1.54, 1.807) is 0 Å². The number of hydrogen-bond acceptors (Lipinski definition) is 4. The van der Waals surface area contributed by atoms with Crippen molar-refractivity contribution in [2.45, 2.75) is 12.9 Å². The number of halogens is 3. The van der Waals surface area contributed by atoms with Crippen molar-refractivity contribution in [2.24, 2.45) is 0 Å². The second-order valence-electron chi connectivity index (χ2n) is 3.63. The van der Waals surface area contributed by atoms with E-state index < -0.39 is 40.4 Å². The molecule has 0 fully saturated rings. The Labute approximate surface area is 112 Å². The van der Waals surface area contributed by atoms with Crippen LogP contribution in [0.5, 0.6) is 5.75 Å². The maximum absolute atomic E-state index is 12.1. The smallest absolute Gasteiger partial charge is 0.480 e. The lowest BCUT2D eigenvalue weighted by Crippen LogP contribution is -2.30. The summed E-state index contributed by atoms with van der Waals surface area (Å²) in [5.41, 5.74) is -0.0706. The van der Waals surface area contributed by atoms with Crippen LogP contribution < -0.4 is 9.46 Å². The molecule has 0 heterocycles. The summed E-state index contributed by atoms with van der Waals surface area (Å²) in [7, 11) is -4.13. The zero-order valence-corrected chi connectivity index (χ0v) is 10.7. The van der Waals surface area contributed by atoms with E-state index in [9.17, 15) is 26.4 Å². The molecule has 20 heavy (non-hydrogen) atoms. The standard InChI is InChI=1S/C10H10F3NO5S/c11-10(12,13)19-8-4-2-1-3-7(8)5-14-20(17,18)6-9(15)16/h1-4,14H,5-6H2,(H,15,16). The number of hydrogen-bond donors (Lipinski definition) is 2. The molecule has 0 aliphatic rings. The van der Waals surface area contributed by atoms with E-state index in [2.05, 4.69) is 4.74 Å². The summed E-state index contributed by atoms with van der Waals surface area (Å²) in [6.07, 6.45) is -4.91. The van der Waals surface area contributed by atoms with Gasteiger partial charge in [-0.25, -0.2) is 13.1 Å². The van der Waals surface area contributed by atoms with E-state index in [1.165, 1.54) is 18.2 Å². The molecule has 0 amide bonds. The summed E-state index contributed by atoms with van der Waals surface area (Å²) in [6.45, 7) is -0.512. The third-order valence-electron chi connectivity index (χ3n) is 1.99. The number of rotatable bonds is 6. The van der Waals surface area contributed by atoms with Crippen LogP contribution >= 0.6 is 0 Å². The van der Waals surface area contributed by atoms with Gasteiger partial charge in [0.2, 0.25) is 10.0 Å². The molecule has 0 radical (unpaired) electrons. The van der Waals surface area contributed by atoms with Gasteiger partial charge in [0.25, 0.3) is 0 Å². The predicted molar refractivity (Wildman–Crippen MR) is 61.4 cm³/mol. The Bertz CT molecular complexity index is 585. The summed E-state index contributed by atoms with van der Waals surface area (Å²) in [4.78, 5) is 10.3. The number of alkyl halides is 3. The van der Waals surface area contributed by atoms with Gasteiger partial charge in [0.05, 0.1) is 0 Å². The number of aliphatic carboxylic acids is 1. The molecule has 0 spiro atoms. The molecule has 0 atom stereocenters. The van der Waals surface area contributed by atoms with Gasteiger partial charge in [-0.3, -0.25) is 4.79 Å². The average Bonchev–Trinajstić information content (AvgIpc) is 2.24. The molecule has 0 aliphatic carbocycles. The molecule has 112 valence electrons. The molecule has 0 saturated heterocycles. The highest BCUT2D eigenvalue weighted by Crippen LogP contribution is 2.26. The zero-order chi connectivity index (χ0) is 15.4. The minimum atomic E-state index is -4.91. The summed E-state index contributed by atoms with van der Waals surface area (Å²) < 4.78 is 64.5. The van der Waals surface area contributed by atoms with Crippen molar-refractivity contribution in [1.82, 2.24) is 4.72 Å². The van der Waals surface area contributed by atoms with Crippen molar-refractivity contribution in [2.75, 3.05) is 5.75 Å². The lowest BCUT2D eigenvalue weighted by molar-refractivity contribution is -0.274. The number of sulfonamides is 1. The van der Waals surface area contributed by atoms with E-state index >= 15 is 0 Å². The van der Waals surface area contributed by atoms with Crippen LogP contribution in [0.3, 0.4) is 0 Å². The minimum Gasteiger partial charge on any atom is -0.480 e. The van der Waals surface area contributed by atoms with Crippen LogP contribution in [0.4, 0.5) is 13.2 Å². The van der Waals surface area contributed by atoms with Gasteiger partial charge in [-0.1, -0.05) is 18.2 Å². The monoisotopic (exact) mass is 313 g/mol. The Balaban J connectivity index is 2.81. The second kappa shape index (κ2) is 6.09. The Hall–Kier alpha value is -1.81. The Kier molecular flexibility index (Phi) is 4.95. The molecule has 0 unspecified atom stereocenters. The molecule has 1 aromatic rings. The van der Waals surface area contributed by atoms with E-state index in [0.29, 0.717) is 0 Å². The topological polar surface area (TPSA) is 92.7 Å². The maximum Gasteiger partial charge on any atom is 0.573 e. The Morgan fingerprint density at radius 3 is 2.45 bits per heavy atom. The fraction of sp³-hybridized carbons (Fsp3) is 0.300. The number of nitrogens with one attached hydrogen (secondary N) is 1. The van der Waals surface area contributed by atoms with E-state index in [0.717, 1.165) is 6.07 Å². The first-order valence-electron chi connectivity index (χ1n) is 5.12. The quantitative estimate of drug-likeness (QED) is 0.820. The molecule has 10 heteroatoms. The molecule has 0 saturated carbocycles. The van der Waals surface area contributed by atoms with Crippen molar-refractivity contribution < 1.29 is 36.2 Å². The second-order valence-corrected chi connectivity index (χ2v) is 5.44. The van der Waals surface area contributed by atoms with Crippen molar-refractivity contribution in [1.29, 1.82) is 0 Å². The molecular weight excluding hydrogens is 303 g/mol. The maximum atomic E-state index is 12.1. The molecule has 1 aromatic carbocycles. The number of para-hydroxylation sites is 1. The molecule has 2 N–H and O–H groups in total. The zero-order valence-electron chi connectivity index (χ0n) is 9.85. The van der Waals surface area contributed by atoms with E-state index in [-0.39, 0.29) is 5.56 Å². The molecule has 0 aromatic heterocycles. The van der Waals surface area contributed by atoms with Gasteiger partial charge in [0, 0.05) is 12.1 Å². The first-order chi connectivity index (χ1) is 9.09. The molecular formula is C10H10F3NO5S. The van der Waals surface area contributed by atoms with Gasteiger partial charge >= 0.3 is 12.3 Å². The summed E-state index contributed by atoms with van der Waals surface area (Å²) in [5, 5.41) is 8.36. The van der Waals surface area contributed by atoms with Crippen LogP contribution in [0.2, 0.25) is 0 Å². The van der Waals surface area contributed by atoms with Crippen molar-refractivity contribution in [3.8, 4) is 5.75 Å². The third-order valence-corrected chi connectivity index (χ3v) is 3.21. The van der Waals surface area contributed by atoms with E-state index in [1.807, 2.05) is 4.72 Å². The number of benzene rings is 1. The largest absolute Gasteiger partial charge is 0.573 e. The normalized spacial score (nSPS) is 12.2. The van der Waals surface area contributed by atoms with E-state index in [4.69, 9.17) is 5.11 Å². The molecule has 0 bridgehead atoms. The lowest BCUT2D eigenvalue weighted by Gasteiger charge is -2.13. The van der Waals surface area contributed by atoms with Crippen molar-refractivity contribution in [3.63, 3.8) is 0 Å². The van der Waals surface area contributed by atoms with Gasteiger partial charge in [0.15, 0.2) is 5.75 Å². The van der Waals surface area contributed by atoms with Gasteiger partial charge in [0.1, 0.15) is 5.75 Å². The number of ether oxygens (including phenoxy) is 1. The molecule has 0 aliphatic heterocycles. The highest BCUT2D eigenvalue weighted by atomic mass is 32.2.